The number of carbonyl (C=O) groups excluding carboxylic acids is 2. The van der Waals surface area contributed by atoms with Crippen LogP contribution in [0.5, 0.6) is 11.5 Å². The van der Waals surface area contributed by atoms with Gasteiger partial charge in [0, 0.05) is 44.8 Å². The summed E-state index contributed by atoms with van der Waals surface area (Å²) in [5.74, 6) is 1.31. The van der Waals surface area contributed by atoms with Gasteiger partial charge in [-0.2, -0.15) is 0 Å². The Morgan fingerprint density at radius 2 is 1.90 bits per heavy atom. The third-order valence-electron chi connectivity index (χ3n) is 5.03. The van der Waals surface area contributed by atoms with Gasteiger partial charge in [0.15, 0.2) is 6.61 Å². The SMILES string of the molecule is COc1ccc2c(c1)N(C(C)CN1CCN(C(=O)OC(C)(C)C)CC1)C(=O)CO2. The Hall–Kier alpha value is -2.48. The van der Waals surface area contributed by atoms with Gasteiger partial charge in [0.2, 0.25) is 0 Å². The third kappa shape index (κ3) is 5.12. The zero-order valence-electron chi connectivity index (χ0n) is 17.9. The lowest BCUT2D eigenvalue weighted by Crippen LogP contribution is -2.54. The quantitative estimate of drug-likeness (QED) is 0.766. The van der Waals surface area contributed by atoms with E-state index in [0.29, 0.717) is 31.1 Å². The minimum Gasteiger partial charge on any atom is -0.497 e. The summed E-state index contributed by atoms with van der Waals surface area (Å²) < 4.78 is 16.3. The first-order valence-corrected chi connectivity index (χ1v) is 10.0. The molecule has 29 heavy (non-hydrogen) atoms. The lowest BCUT2D eigenvalue weighted by molar-refractivity contribution is -0.121. The first kappa shape index (κ1) is 21.2. The fourth-order valence-electron chi connectivity index (χ4n) is 3.66. The fraction of sp³-hybridized carbons (Fsp3) is 0.619. The summed E-state index contributed by atoms with van der Waals surface area (Å²) in [5, 5.41) is 0. The number of carbonyl (C=O) groups is 2. The molecule has 3 rings (SSSR count). The zero-order valence-corrected chi connectivity index (χ0v) is 17.9. The van der Waals surface area contributed by atoms with E-state index in [1.165, 1.54) is 0 Å². The summed E-state index contributed by atoms with van der Waals surface area (Å²) in [6, 6.07) is 5.46. The predicted octanol–water partition coefficient (Wildman–Crippen LogP) is 2.36. The van der Waals surface area contributed by atoms with Crippen molar-refractivity contribution in [3.63, 3.8) is 0 Å². The molecule has 0 aliphatic carbocycles. The maximum absolute atomic E-state index is 12.6. The number of benzene rings is 1. The van der Waals surface area contributed by atoms with Gasteiger partial charge < -0.3 is 24.0 Å². The summed E-state index contributed by atoms with van der Waals surface area (Å²) in [6.45, 7) is 11.1. The number of methoxy groups -OCH3 is 1. The fourth-order valence-corrected chi connectivity index (χ4v) is 3.66. The van der Waals surface area contributed by atoms with Crippen LogP contribution in [0, 0.1) is 0 Å². The molecule has 0 spiro atoms. The molecule has 0 aromatic heterocycles. The van der Waals surface area contributed by atoms with E-state index in [1.54, 1.807) is 16.9 Å². The Labute approximate surface area is 172 Å². The summed E-state index contributed by atoms with van der Waals surface area (Å²) in [7, 11) is 1.60. The highest BCUT2D eigenvalue weighted by atomic mass is 16.6. The van der Waals surface area contributed by atoms with Gasteiger partial charge in [0.05, 0.1) is 12.8 Å². The van der Waals surface area contributed by atoms with Crippen molar-refractivity contribution in [2.45, 2.75) is 39.3 Å². The summed E-state index contributed by atoms with van der Waals surface area (Å²) in [5.41, 5.74) is 0.244. The van der Waals surface area contributed by atoms with Crippen molar-refractivity contribution in [1.29, 1.82) is 0 Å². The van der Waals surface area contributed by atoms with Gasteiger partial charge >= 0.3 is 6.09 Å². The van der Waals surface area contributed by atoms with Crippen LogP contribution >= 0.6 is 0 Å². The Kier molecular flexibility index (Phi) is 6.21. The van der Waals surface area contributed by atoms with Gasteiger partial charge in [-0.1, -0.05) is 0 Å². The van der Waals surface area contributed by atoms with Crippen molar-refractivity contribution in [3.8, 4) is 11.5 Å². The van der Waals surface area contributed by atoms with Crippen molar-refractivity contribution in [1.82, 2.24) is 9.80 Å². The maximum Gasteiger partial charge on any atom is 0.410 e. The Bertz CT molecular complexity index is 753. The van der Waals surface area contributed by atoms with E-state index in [9.17, 15) is 9.59 Å². The molecule has 2 aliphatic heterocycles. The van der Waals surface area contributed by atoms with Gasteiger partial charge in [0.1, 0.15) is 17.1 Å². The molecule has 160 valence electrons. The molecular formula is C21H31N3O5. The van der Waals surface area contributed by atoms with Gasteiger partial charge in [-0.25, -0.2) is 4.79 Å². The highest BCUT2D eigenvalue weighted by Gasteiger charge is 2.32. The first-order chi connectivity index (χ1) is 13.7. The molecule has 1 aromatic rings. The van der Waals surface area contributed by atoms with Crippen molar-refractivity contribution in [2.24, 2.45) is 0 Å². The number of hydrogen-bond acceptors (Lipinski definition) is 6. The molecule has 1 saturated heterocycles. The molecule has 1 unspecified atom stereocenters. The molecule has 0 saturated carbocycles. The van der Waals surface area contributed by atoms with E-state index in [0.717, 1.165) is 18.8 Å². The molecule has 1 atom stereocenters. The Morgan fingerprint density at radius 1 is 1.21 bits per heavy atom. The maximum atomic E-state index is 12.6. The lowest BCUT2D eigenvalue weighted by atomic mass is 10.1. The van der Waals surface area contributed by atoms with Gasteiger partial charge in [-0.15, -0.1) is 0 Å². The smallest absolute Gasteiger partial charge is 0.410 e. The number of amides is 2. The number of ether oxygens (including phenoxy) is 3. The van der Waals surface area contributed by atoms with Crippen LogP contribution in [0.1, 0.15) is 27.7 Å². The highest BCUT2D eigenvalue weighted by molar-refractivity contribution is 5.98. The molecule has 8 nitrogen and oxygen atoms in total. The van der Waals surface area contributed by atoms with Gasteiger partial charge in [0.25, 0.3) is 5.91 Å². The molecule has 1 fully saturated rings. The van der Waals surface area contributed by atoms with E-state index < -0.39 is 5.60 Å². The van der Waals surface area contributed by atoms with E-state index >= 15 is 0 Å². The average molecular weight is 405 g/mol. The summed E-state index contributed by atoms with van der Waals surface area (Å²) in [4.78, 5) is 30.6. The summed E-state index contributed by atoms with van der Waals surface area (Å²) in [6.07, 6.45) is -0.269. The first-order valence-electron chi connectivity index (χ1n) is 10.0. The predicted molar refractivity (Wildman–Crippen MR) is 110 cm³/mol. The average Bonchev–Trinajstić information content (AvgIpc) is 2.66. The van der Waals surface area contributed by atoms with Crippen LogP contribution in [-0.2, 0) is 9.53 Å². The Morgan fingerprint density at radius 3 is 2.52 bits per heavy atom. The third-order valence-corrected chi connectivity index (χ3v) is 5.03. The zero-order chi connectivity index (χ0) is 21.2. The molecular weight excluding hydrogens is 374 g/mol. The van der Waals surface area contributed by atoms with Crippen LogP contribution in [-0.4, -0.2) is 79.9 Å². The number of piperazine rings is 1. The normalized spacial score (nSPS) is 18.7. The Balaban J connectivity index is 1.61. The lowest BCUT2D eigenvalue weighted by Gasteiger charge is -2.40. The van der Waals surface area contributed by atoms with Gasteiger partial charge in [-0.05, 0) is 39.8 Å². The largest absolute Gasteiger partial charge is 0.497 e. The molecule has 0 radical (unpaired) electrons. The van der Waals surface area contributed by atoms with E-state index in [2.05, 4.69) is 4.90 Å². The van der Waals surface area contributed by atoms with Crippen LogP contribution < -0.4 is 14.4 Å². The highest BCUT2D eigenvalue weighted by Crippen LogP contribution is 2.36. The molecule has 2 aliphatic rings. The van der Waals surface area contributed by atoms with E-state index in [4.69, 9.17) is 14.2 Å². The van der Waals surface area contributed by atoms with Gasteiger partial charge in [-0.3, -0.25) is 9.69 Å². The monoisotopic (exact) mass is 405 g/mol. The van der Waals surface area contributed by atoms with E-state index in [1.807, 2.05) is 45.9 Å². The second-order valence-electron chi connectivity index (χ2n) is 8.50. The standard InChI is InChI=1S/C21H31N3O5/c1-15(13-22-8-10-23(11-9-22)20(26)29-21(2,3)4)24-17-12-16(27-5)6-7-18(17)28-14-19(24)25/h6-7,12,15H,8-11,13-14H2,1-5H3. The molecule has 0 N–H and O–H groups in total. The number of nitrogens with zero attached hydrogens (tertiary/aromatic N) is 3. The van der Waals surface area contributed by atoms with E-state index in [-0.39, 0.29) is 24.6 Å². The number of hydrogen-bond donors (Lipinski definition) is 0. The van der Waals surface area contributed by atoms with Crippen LogP contribution in [0.4, 0.5) is 10.5 Å². The second-order valence-corrected chi connectivity index (χ2v) is 8.50. The topological polar surface area (TPSA) is 71.5 Å². The van der Waals surface area contributed by atoms with Crippen molar-refractivity contribution < 1.29 is 23.8 Å². The molecule has 2 amide bonds. The number of anilines is 1. The minimum atomic E-state index is -0.492. The van der Waals surface area contributed by atoms with Crippen LogP contribution in [0.3, 0.4) is 0 Å². The van der Waals surface area contributed by atoms with Crippen LogP contribution in [0.25, 0.3) is 0 Å². The molecule has 0 bridgehead atoms. The minimum absolute atomic E-state index is 0.0367. The van der Waals surface area contributed by atoms with Crippen LogP contribution in [0.2, 0.25) is 0 Å². The molecule has 8 heteroatoms. The summed E-state index contributed by atoms with van der Waals surface area (Å²) >= 11 is 0. The van der Waals surface area contributed by atoms with Crippen molar-refractivity contribution in [3.05, 3.63) is 18.2 Å². The van der Waals surface area contributed by atoms with Crippen molar-refractivity contribution in [2.75, 3.05) is 51.3 Å². The van der Waals surface area contributed by atoms with Crippen LogP contribution in [0.15, 0.2) is 18.2 Å². The number of fused-ring (bicyclic) bond motifs is 1. The molecule has 2 heterocycles. The van der Waals surface area contributed by atoms with Crippen molar-refractivity contribution >= 4 is 17.7 Å². The molecule has 1 aromatic carbocycles. The number of rotatable bonds is 4. The second kappa shape index (κ2) is 8.49.